The fraction of sp³-hybridized carbons (Fsp3) is 0.586. The molecule has 1 aliphatic rings. The zero-order valence-electron chi connectivity index (χ0n) is 25.3. The minimum atomic E-state index is -4.97. The first-order valence-corrected chi connectivity index (χ1v) is 14.0. The molecule has 244 valence electrons. The molecule has 0 atom stereocenters. The summed E-state index contributed by atoms with van der Waals surface area (Å²) in [6.45, 7) is 2.41. The number of carbonyl (C=O) groups excluding carboxylic acids is 1. The molecule has 1 N–H and O–H groups in total. The SMILES string of the molecule is COCCN(C)c1ncc(C(F)(F)F)c(Oc2cc(C(=O)O)c(N(C(=O)C3CCC(C)CC3)C(COC)COC)cc2F)n1. The average molecular weight is 631 g/mol. The number of aromatic carboxylic acids is 1. The monoisotopic (exact) mass is 630 g/mol. The molecule has 0 unspecified atom stereocenters. The van der Waals surface area contributed by atoms with Crippen LogP contribution in [0.1, 0.15) is 48.5 Å². The van der Waals surface area contributed by atoms with Crippen LogP contribution in [0.5, 0.6) is 11.6 Å². The lowest BCUT2D eigenvalue weighted by molar-refractivity contribution is -0.139. The Balaban J connectivity index is 2.13. The van der Waals surface area contributed by atoms with Gasteiger partial charge < -0.3 is 33.9 Å². The number of alkyl halides is 3. The molecule has 0 aliphatic heterocycles. The van der Waals surface area contributed by atoms with E-state index in [2.05, 4.69) is 16.9 Å². The second-order valence-corrected chi connectivity index (χ2v) is 10.7. The van der Waals surface area contributed by atoms with Gasteiger partial charge in [0.05, 0.1) is 37.1 Å². The number of halogens is 4. The van der Waals surface area contributed by atoms with Crippen molar-refractivity contribution in [1.29, 1.82) is 0 Å². The van der Waals surface area contributed by atoms with Crippen molar-refractivity contribution in [3.05, 3.63) is 35.3 Å². The van der Waals surface area contributed by atoms with E-state index in [1.807, 2.05) is 0 Å². The number of carboxylic acid groups (broad SMARTS) is 1. The molecule has 11 nitrogen and oxygen atoms in total. The highest BCUT2D eigenvalue weighted by Crippen LogP contribution is 2.40. The maximum atomic E-state index is 15.7. The van der Waals surface area contributed by atoms with Crippen molar-refractivity contribution in [2.45, 2.75) is 44.8 Å². The number of likely N-dealkylation sites (N-methyl/N-ethyl adjacent to an activating group) is 1. The van der Waals surface area contributed by atoms with Crippen LogP contribution in [0.4, 0.5) is 29.2 Å². The van der Waals surface area contributed by atoms with Crippen LogP contribution >= 0.6 is 0 Å². The number of ether oxygens (including phenoxy) is 4. The lowest BCUT2D eigenvalue weighted by atomic mass is 9.82. The lowest BCUT2D eigenvalue weighted by Gasteiger charge is -2.36. The van der Waals surface area contributed by atoms with Gasteiger partial charge in [-0.1, -0.05) is 6.92 Å². The number of rotatable bonds is 14. The first-order valence-electron chi connectivity index (χ1n) is 14.0. The van der Waals surface area contributed by atoms with E-state index < -0.39 is 58.6 Å². The van der Waals surface area contributed by atoms with E-state index in [-0.39, 0.29) is 38.0 Å². The van der Waals surface area contributed by atoms with Gasteiger partial charge in [-0.3, -0.25) is 4.79 Å². The molecule has 0 radical (unpaired) electrons. The molecule has 1 aromatic carbocycles. The fourth-order valence-electron chi connectivity index (χ4n) is 5.02. The van der Waals surface area contributed by atoms with Gasteiger partial charge in [0, 0.05) is 59.2 Å². The molecule has 15 heteroatoms. The van der Waals surface area contributed by atoms with Gasteiger partial charge in [0.2, 0.25) is 17.7 Å². The van der Waals surface area contributed by atoms with Gasteiger partial charge in [-0.15, -0.1) is 0 Å². The first kappa shape index (κ1) is 34.9. The number of carbonyl (C=O) groups is 2. The van der Waals surface area contributed by atoms with E-state index in [4.69, 9.17) is 18.9 Å². The van der Waals surface area contributed by atoms with Crippen molar-refractivity contribution in [3.8, 4) is 11.6 Å². The number of methoxy groups -OCH3 is 3. The van der Waals surface area contributed by atoms with Gasteiger partial charge in [0.25, 0.3) is 0 Å². The first-order chi connectivity index (χ1) is 20.8. The molecular formula is C29H38F4N4O7. The van der Waals surface area contributed by atoms with Crippen molar-refractivity contribution < 1.29 is 51.2 Å². The third-order valence-electron chi connectivity index (χ3n) is 7.45. The highest BCUT2D eigenvalue weighted by Gasteiger charge is 2.38. The Kier molecular flexibility index (Phi) is 12.3. The Morgan fingerprint density at radius 1 is 1.07 bits per heavy atom. The summed E-state index contributed by atoms with van der Waals surface area (Å²) in [7, 11) is 5.74. The number of aromatic nitrogens is 2. The zero-order valence-corrected chi connectivity index (χ0v) is 25.3. The molecule has 0 saturated heterocycles. The standard InChI is InChI=1S/C29H38F4N4O7/c1-17-6-8-18(9-7-17)26(38)37(19(15-42-4)16-43-5)23-13-22(30)24(12-20(23)27(39)40)44-25-21(29(31,32)33)14-34-28(35-25)36(2)10-11-41-3/h12-14,17-19H,6-11,15-16H2,1-5H3,(H,39,40). The van der Waals surface area contributed by atoms with Crippen LogP contribution < -0.4 is 14.5 Å². The minimum Gasteiger partial charge on any atom is -0.478 e. The van der Waals surface area contributed by atoms with Gasteiger partial charge in [0.15, 0.2) is 11.6 Å². The lowest BCUT2D eigenvalue weighted by Crippen LogP contribution is -2.49. The summed E-state index contributed by atoms with van der Waals surface area (Å²) in [4.78, 5) is 36.5. The fourth-order valence-corrected chi connectivity index (χ4v) is 5.02. The maximum Gasteiger partial charge on any atom is 0.423 e. The van der Waals surface area contributed by atoms with E-state index in [9.17, 15) is 27.9 Å². The molecule has 0 bridgehead atoms. The van der Waals surface area contributed by atoms with E-state index in [1.54, 1.807) is 0 Å². The highest BCUT2D eigenvalue weighted by atomic mass is 19.4. The van der Waals surface area contributed by atoms with Crippen LogP contribution in [0.3, 0.4) is 0 Å². The Morgan fingerprint density at radius 3 is 2.25 bits per heavy atom. The van der Waals surface area contributed by atoms with Crippen LogP contribution in [-0.2, 0) is 25.2 Å². The quantitative estimate of drug-likeness (QED) is 0.285. The van der Waals surface area contributed by atoms with Crippen molar-refractivity contribution in [3.63, 3.8) is 0 Å². The second-order valence-electron chi connectivity index (χ2n) is 10.7. The molecular weight excluding hydrogens is 592 g/mol. The van der Waals surface area contributed by atoms with Crippen molar-refractivity contribution in [1.82, 2.24) is 9.97 Å². The number of hydrogen-bond acceptors (Lipinski definition) is 9. The van der Waals surface area contributed by atoms with Crippen LogP contribution in [0, 0.1) is 17.7 Å². The molecule has 1 saturated carbocycles. The minimum absolute atomic E-state index is 0.0587. The van der Waals surface area contributed by atoms with Crippen molar-refractivity contribution in [2.75, 3.05) is 64.5 Å². The molecule has 3 rings (SSSR count). The predicted molar refractivity (Wildman–Crippen MR) is 152 cm³/mol. The number of nitrogens with zero attached hydrogens (tertiary/aromatic N) is 4. The third-order valence-corrected chi connectivity index (χ3v) is 7.45. The third kappa shape index (κ3) is 8.54. The maximum absolute atomic E-state index is 15.7. The zero-order chi connectivity index (χ0) is 32.6. The smallest absolute Gasteiger partial charge is 0.423 e. The highest BCUT2D eigenvalue weighted by molar-refractivity contribution is 6.03. The van der Waals surface area contributed by atoms with Crippen molar-refractivity contribution >= 4 is 23.5 Å². The van der Waals surface area contributed by atoms with Gasteiger partial charge in [-0.05, 0) is 31.6 Å². The summed E-state index contributed by atoms with van der Waals surface area (Å²) >= 11 is 0. The van der Waals surface area contributed by atoms with E-state index >= 15 is 4.39 Å². The average Bonchev–Trinajstić information content (AvgIpc) is 2.97. The van der Waals surface area contributed by atoms with Crippen LogP contribution in [0.25, 0.3) is 0 Å². The molecule has 2 aromatic rings. The molecule has 1 fully saturated rings. The molecule has 1 aliphatic carbocycles. The van der Waals surface area contributed by atoms with Gasteiger partial charge in [-0.2, -0.15) is 18.2 Å². The van der Waals surface area contributed by atoms with Crippen molar-refractivity contribution in [2.24, 2.45) is 11.8 Å². The molecule has 1 heterocycles. The van der Waals surface area contributed by atoms with E-state index in [1.165, 1.54) is 38.2 Å². The summed E-state index contributed by atoms with van der Waals surface area (Å²) in [5.74, 6) is -5.26. The van der Waals surface area contributed by atoms with E-state index in [0.717, 1.165) is 25.0 Å². The topological polar surface area (TPSA) is 124 Å². The summed E-state index contributed by atoms with van der Waals surface area (Å²) in [6, 6.07) is 0.675. The van der Waals surface area contributed by atoms with Gasteiger partial charge in [-0.25, -0.2) is 14.2 Å². The second kappa shape index (κ2) is 15.4. The number of hydrogen-bond donors (Lipinski definition) is 1. The molecule has 0 spiro atoms. The molecule has 1 amide bonds. The Bertz CT molecular complexity index is 1280. The van der Waals surface area contributed by atoms with Crippen LogP contribution in [0.2, 0.25) is 0 Å². The number of carboxylic acids is 1. The Hall–Kier alpha value is -3.56. The Morgan fingerprint density at radius 2 is 1.70 bits per heavy atom. The summed E-state index contributed by atoms with van der Waals surface area (Å²) in [5, 5.41) is 10.1. The summed E-state index contributed by atoms with van der Waals surface area (Å²) < 4.78 is 78.1. The Labute approximate surface area is 253 Å². The molecule has 44 heavy (non-hydrogen) atoms. The van der Waals surface area contributed by atoms with Crippen LogP contribution in [-0.4, -0.2) is 87.7 Å². The van der Waals surface area contributed by atoms with Crippen LogP contribution in [0.15, 0.2) is 18.3 Å². The summed E-state index contributed by atoms with van der Waals surface area (Å²) in [6.07, 6.45) is -1.77. The molecule has 1 aromatic heterocycles. The number of amides is 1. The number of anilines is 2. The number of benzene rings is 1. The van der Waals surface area contributed by atoms with E-state index in [0.29, 0.717) is 25.0 Å². The predicted octanol–water partition coefficient (Wildman–Crippen LogP) is 5.03. The largest absolute Gasteiger partial charge is 0.478 e. The normalized spacial score (nSPS) is 17.0. The van der Waals surface area contributed by atoms with Gasteiger partial charge >= 0.3 is 12.1 Å². The summed E-state index contributed by atoms with van der Waals surface area (Å²) in [5.41, 5.74) is -2.27. The van der Waals surface area contributed by atoms with Gasteiger partial charge in [0.1, 0.15) is 5.56 Å².